The topological polar surface area (TPSA) is 120 Å². The lowest BCUT2D eigenvalue weighted by Crippen LogP contribution is -2.48. The molecule has 1 saturated heterocycles. The molecule has 2 amide bonds. The molecule has 1 saturated carbocycles. The minimum absolute atomic E-state index is 0.0425. The Morgan fingerprint density at radius 1 is 0.925 bits per heavy atom. The van der Waals surface area contributed by atoms with E-state index in [1.165, 1.54) is 36.6 Å². The van der Waals surface area contributed by atoms with Crippen LogP contribution in [0.3, 0.4) is 0 Å². The number of benzene rings is 2. The van der Waals surface area contributed by atoms with Crippen LogP contribution in [0.25, 0.3) is 0 Å². The zero-order valence-electron chi connectivity index (χ0n) is 22.0. The molecule has 4 atom stereocenters. The first-order chi connectivity index (χ1) is 19.3. The summed E-state index contributed by atoms with van der Waals surface area (Å²) in [7, 11) is 0. The van der Waals surface area contributed by atoms with Gasteiger partial charge in [-0.3, -0.25) is 19.3 Å². The maximum atomic E-state index is 13.4. The van der Waals surface area contributed by atoms with Crippen LogP contribution in [0, 0.1) is 17.8 Å². The number of rotatable bonds is 9. The lowest BCUT2D eigenvalue weighted by Gasteiger charge is -2.25. The molecule has 2 heterocycles. The van der Waals surface area contributed by atoms with Crippen molar-refractivity contribution < 1.29 is 37.9 Å². The number of amides is 2. The number of ether oxygens (including phenoxy) is 2. The van der Waals surface area contributed by atoms with Crippen LogP contribution in [0.5, 0.6) is 5.75 Å². The SMILES string of the molecule is CC1CCC2C(=O)N(C(Cc3ccccc3)C(=O)OCC(=O)c3ccc(OC(=O)c4ccco4)cc3)C(=O)C2C1. The maximum Gasteiger partial charge on any atom is 0.379 e. The van der Waals surface area contributed by atoms with Gasteiger partial charge >= 0.3 is 11.9 Å². The van der Waals surface area contributed by atoms with Crippen LogP contribution < -0.4 is 4.74 Å². The van der Waals surface area contributed by atoms with E-state index in [9.17, 15) is 24.0 Å². The molecular formula is C31H29NO8. The van der Waals surface area contributed by atoms with Gasteiger partial charge in [-0.25, -0.2) is 9.59 Å². The summed E-state index contributed by atoms with van der Waals surface area (Å²) >= 11 is 0. The standard InChI is InChI=1S/C31H29NO8/c1-19-9-14-23-24(16-19)29(35)32(28(23)34)25(17-20-6-3-2-4-7-20)30(36)39-18-26(33)21-10-12-22(13-11-21)40-31(37)27-8-5-15-38-27/h2-8,10-13,15,19,23-25H,9,14,16-18H2,1H3. The maximum absolute atomic E-state index is 13.4. The van der Waals surface area contributed by atoms with Crippen LogP contribution in [-0.2, 0) is 25.5 Å². The predicted octanol–water partition coefficient (Wildman–Crippen LogP) is 4.26. The number of imide groups is 1. The first-order valence-corrected chi connectivity index (χ1v) is 13.3. The summed E-state index contributed by atoms with van der Waals surface area (Å²) in [5.41, 5.74) is 0.998. The van der Waals surface area contributed by atoms with Crippen molar-refractivity contribution in [2.45, 2.75) is 38.6 Å². The highest BCUT2D eigenvalue weighted by Gasteiger charge is 2.53. The Morgan fingerprint density at radius 2 is 1.65 bits per heavy atom. The van der Waals surface area contributed by atoms with Crippen molar-refractivity contribution in [1.29, 1.82) is 0 Å². The number of nitrogens with zero attached hydrogens (tertiary/aromatic N) is 1. The van der Waals surface area contributed by atoms with Crippen LogP contribution >= 0.6 is 0 Å². The highest BCUT2D eigenvalue weighted by Crippen LogP contribution is 2.41. The Labute approximate surface area is 231 Å². The molecular weight excluding hydrogens is 514 g/mol. The molecule has 2 aliphatic rings. The molecule has 40 heavy (non-hydrogen) atoms. The van der Waals surface area contributed by atoms with Crippen LogP contribution in [0.4, 0.5) is 0 Å². The van der Waals surface area contributed by atoms with Crippen molar-refractivity contribution in [2.24, 2.45) is 17.8 Å². The van der Waals surface area contributed by atoms with E-state index in [1.54, 1.807) is 6.07 Å². The lowest BCUT2D eigenvalue weighted by molar-refractivity contribution is -0.158. The molecule has 1 aliphatic heterocycles. The Hall–Kier alpha value is -4.53. The number of esters is 2. The van der Waals surface area contributed by atoms with E-state index < -0.39 is 42.2 Å². The van der Waals surface area contributed by atoms with Gasteiger partial charge in [0.1, 0.15) is 11.8 Å². The van der Waals surface area contributed by atoms with Gasteiger partial charge < -0.3 is 13.9 Å². The van der Waals surface area contributed by atoms with E-state index >= 15 is 0 Å². The Morgan fingerprint density at radius 3 is 2.35 bits per heavy atom. The summed E-state index contributed by atoms with van der Waals surface area (Å²) in [5.74, 6) is -2.93. The highest BCUT2D eigenvalue weighted by molar-refractivity contribution is 6.08. The first kappa shape index (κ1) is 27.1. The van der Waals surface area contributed by atoms with Gasteiger partial charge in [0.05, 0.1) is 18.1 Å². The van der Waals surface area contributed by atoms with Crippen LogP contribution in [0.2, 0.25) is 0 Å². The Kier molecular flexibility index (Phi) is 7.91. The van der Waals surface area contributed by atoms with E-state index in [0.717, 1.165) is 16.9 Å². The minimum Gasteiger partial charge on any atom is -0.457 e. The lowest BCUT2D eigenvalue weighted by atomic mass is 9.76. The van der Waals surface area contributed by atoms with E-state index in [-0.39, 0.29) is 35.3 Å². The zero-order chi connectivity index (χ0) is 28.2. The monoisotopic (exact) mass is 543 g/mol. The van der Waals surface area contributed by atoms with Gasteiger partial charge in [0.25, 0.3) is 0 Å². The summed E-state index contributed by atoms with van der Waals surface area (Å²) in [4.78, 5) is 65.9. The van der Waals surface area contributed by atoms with Crippen molar-refractivity contribution in [1.82, 2.24) is 4.90 Å². The number of hydrogen-bond acceptors (Lipinski definition) is 8. The molecule has 1 aliphatic carbocycles. The molecule has 5 rings (SSSR count). The van der Waals surface area contributed by atoms with Gasteiger partial charge in [-0.05, 0) is 67.1 Å². The number of carbonyl (C=O) groups is 5. The van der Waals surface area contributed by atoms with E-state index in [2.05, 4.69) is 6.92 Å². The second kappa shape index (κ2) is 11.7. The van der Waals surface area contributed by atoms with Gasteiger partial charge in [-0.2, -0.15) is 0 Å². The fourth-order valence-corrected chi connectivity index (χ4v) is 5.42. The molecule has 0 N–H and O–H groups in total. The molecule has 9 nitrogen and oxygen atoms in total. The normalized spacial score (nSPS) is 21.0. The van der Waals surface area contributed by atoms with E-state index in [0.29, 0.717) is 18.8 Å². The van der Waals surface area contributed by atoms with E-state index in [4.69, 9.17) is 13.9 Å². The van der Waals surface area contributed by atoms with Crippen molar-refractivity contribution in [2.75, 3.05) is 6.61 Å². The third-order valence-electron chi connectivity index (χ3n) is 7.53. The molecule has 3 aromatic rings. The third-order valence-corrected chi connectivity index (χ3v) is 7.53. The van der Waals surface area contributed by atoms with Gasteiger partial charge in [0.15, 0.2) is 12.4 Å². The molecule has 2 fully saturated rings. The quantitative estimate of drug-likeness (QED) is 0.170. The second-order valence-electron chi connectivity index (χ2n) is 10.3. The van der Waals surface area contributed by atoms with Gasteiger partial charge in [-0.15, -0.1) is 0 Å². The second-order valence-corrected chi connectivity index (χ2v) is 10.3. The number of likely N-dealkylation sites (tertiary alicyclic amines) is 1. The summed E-state index contributed by atoms with van der Waals surface area (Å²) in [6.07, 6.45) is 3.54. The van der Waals surface area contributed by atoms with Crippen molar-refractivity contribution in [3.63, 3.8) is 0 Å². The van der Waals surface area contributed by atoms with Crippen molar-refractivity contribution >= 4 is 29.5 Å². The average Bonchev–Trinajstić information content (AvgIpc) is 3.59. The molecule has 1 aromatic heterocycles. The van der Waals surface area contributed by atoms with Gasteiger partial charge in [0, 0.05) is 12.0 Å². The van der Waals surface area contributed by atoms with Crippen LogP contribution in [0.1, 0.15) is 52.7 Å². The molecule has 9 heteroatoms. The first-order valence-electron chi connectivity index (χ1n) is 13.3. The largest absolute Gasteiger partial charge is 0.457 e. The fraction of sp³-hybridized carbons (Fsp3) is 0.323. The smallest absolute Gasteiger partial charge is 0.379 e. The minimum atomic E-state index is -1.17. The fourth-order valence-electron chi connectivity index (χ4n) is 5.42. The molecule has 0 radical (unpaired) electrons. The van der Waals surface area contributed by atoms with Crippen molar-refractivity contribution in [3.05, 3.63) is 89.9 Å². The molecule has 0 spiro atoms. The number of fused-ring (bicyclic) bond motifs is 1. The third kappa shape index (κ3) is 5.73. The van der Waals surface area contributed by atoms with Gasteiger partial charge in [0.2, 0.25) is 17.6 Å². The Balaban J connectivity index is 1.26. The zero-order valence-corrected chi connectivity index (χ0v) is 22.0. The number of Topliss-reactive ketones (excluding diaryl/α,β-unsaturated/α-hetero) is 1. The summed E-state index contributed by atoms with van der Waals surface area (Å²) < 4.78 is 15.6. The molecule has 4 unspecified atom stereocenters. The van der Waals surface area contributed by atoms with Crippen molar-refractivity contribution in [3.8, 4) is 5.75 Å². The number of ketones is 1. The van der Waals surface area contributed by atoms with Gasteiger partial charge in [-0.1, -0.05) is 37.3 Å². The molecule has 0 bridgehead atoms. The Bertz CT molecular complexity index is 1400. The number of furan rings is 1. The molecule has 206 valence electrons. The average molecular weight is 544 g/mol. The molecule has 2 aromatic carbocycles. The highest BCUT2D eigenvalue weighted by atomic mass is 16.5. The summed E-state index contributed by atoms with van der Waals surface area (Å²) in [6, 6.07) is 16.7. The summed E-state index contributed by atoms with van der Waals surface area (Å²) in [6.45, 7) is 1.49. The number of hydrogen-bond donors (Lipinski definition) is 0. The van der Waals surface area contributed by atoms with Crippen LogP contribution in [0.15, 0.2) is 77.4 Å². The predicted molar refractivity (Wildman–Crippen MR) is 141 cm³/mol. The van der Waals surface area contributed by atoms with Crippen LogP contribution in [-0.4, -0.2) is 47.1 Å². The number of carbonyl (C=O) groups excluding carboxylic acids is 5. The van der Waals surface area contributed by atoms with E-state index in [1.807, 2.05) is 30.3 Å². The summed E-state index contributed by atoms with van der Waals surface area (Å²) in [5, 5.41) is 0.